The minimum Gasteiger partial charge on any atom is -0.478 e. The number of carbonyl (C=O) groups excluding carboxylic acids is 2. The van der Waals surface area contributed by atoms with E-state index in [4.69, 9.17) is 9.84 Å². The molecule has 0 bridgehead atoms. The van der Waals surface area contributed by atoms with Gasteiger partial charge in [-0.25, -0.2) is 9.59 Å². The third kappa shape index (κ3) is 5.86. The number of hydrogen-bond acceptors (Lipinski definition) is 4. The molecule has 0 aliphatic heterocycles. The molecule has 114 valence electrons. The number of esters is 1. The molecule has 0 aliphatic rings. The Labute approximate surface area is 119 Å². The predicted molar refractivity (Wildman–Crippen MR) is 74.0 cm³/mol. The number of ether oxygens (including phenoxy) is 1. The van der Waals surface area contributed by atoms with Crippen LogP contribution in [0, 0.1) is 5.92 Å². The second-order valence-electron chi connectivity index (χ2n) is 6.02. The molecule has 0 aromatic heterocycles. The SMILES string of the molecule is CC(C)[C@](C)(NC(=O)/C=C/C(=O)O)C(=O)OC(C)(C)C. The molecule has 0 saturated heterocycles. The van der Waals surface area contributed by atoms with E-state index in [1.165, 1.54) is 0 Å². The minimum absolute atomic E-state index is 0.223. The third-order valence-corrected chi connectivity index (χ3v) is 2.74. The van der Waals surface area contributed by atoms with Gasteiger partial charge >= 0.3 is 11.9 Å². The summed E-state index contributed by atoms with van der Waals surface area (Å²) in [6, 6.07) is 0. The van der Waals surface area contributed by atoms with Gasteiger partial charge in [0.1, 0.15) is 11.1 Å². The van der Waals surface area contributed by atoms with Crippen LogP contribution in [0.25, 0.3) is 0 Å². The van der Waals surface area contributed by atoms with Crippen LogP contribution in [0.5, 0.6) is 0 Å². The van der Waals surface area contributed by atoms with Crippen molar-refractivity contribution in [3.05, 3.63) is 12.2 Å². The maximum absolute atomic E-state index is 12.2. The molecule has 0 aromatic rings. The molecule has 0 rings (SSSR count). The van der Waals surface area contributed by atoms with Gasteiger partial charge in [0.05, 0.1) is 0 Å². The lowest BCUT2D eigenvalue weighted by Crippen LogP contribution is -2.57. The van der Waals surface area contributed by atoms with E-state index < -0.39 is 29.0 Å². The summed E-state index contributed by atoms with van der Waals surface area (Å²) in [5, 5.41) is 11.0. The smallest absolute Gasteiger partial charge is 0.332 e. The summed E-state index contributed by atoms with van der Waals surface area (Å²) in [4.78, 5) is 34.3. The summed E-state index contributed by atoms with van der Waals surface area (Å²) in [6.07, 6.45) is 1.58. The zero-order valence-corrected chi connectivity index (χ0v) is 12.8. The van der Waals surface area contributed by atoms with Gasteiger partial charge in [0.2, 0.25) is 5.91 Å². The van der Waals surface area contributed by atoms with Crippen molar-refractivity contribution in [2.24, 2.45) is 5.92 Å². The number of nitrogens with one attached hydrogen (secondary N) is 1. The maximum Gasteiger partial charge on any atom is 0.332 e. The fourth-order valence-corrected chi connectivity index (χ4v) is 1.26. The highest BCUT2D eigenvalue weighted by Crippen LogP contribution is 2.22. The molecule has 0 heterocycles. The van der Waals surface area contributed by atoms with Gasteiger partial charge in [0.25, 0.3) is 0 Å². The maximum atomic E-state index is 12.2. The van der Waals surface area contributed by atoms with Crippen LogP contribution in [-0.4, -0.2) is 34.1 Å². The Morgan fingerprint density at radius 2 is 1.60 bits per heavy atom. The first-order valence-electron chi connectivity index (χ1n) is 6.35. The molecule has 1 amide bonds. The number of carbonyl (C=O) groups is 3. The number of hydrogen-bond donors (Lipinski definition) is 2. The minimum atomic E-state index is -1.23. The van der Waals surface area contributed by atoms with Gasteiger partial charge in [-0.3, -0.25) is 4.79 Å². The fraction of sp³-hybridized carbons (Fsp3) is 0.643. The van der Waals surface area contributed by atoms with Crippen LogP contribution >= 0.6 is 0 Å². The molecule has 0 radical (unpaired) electrons. The number of carboxylic acids is 1. The molecule has 0 aliphatic carbocycles. The fourth-order valence-electron chi connectivity index (χ4n) is 1.26. The first-order chi connectivity index (χ1) is 8.88. The molecule has 6 nitrogen and oxygen atoms in total. The van der Waals surface area contributed by atoms with Crippen LogP contribution in [0.3, 0.4) is 0 Å². The van der Waals surface area contributed by atoms with E-state index in [-0.39, 0.29) is 5.92 Å². The molecular formula is C14H23NO5. The highest BCUT2D eigenvalue weighted by Gasteiger charge is 2.41. The van der Waals surface area contributed by atoms with E-state index in [0.29, 0.717) is 6.08 Å². The van der Waals surface area contributed by atoms with Gasteiger partial charge < -0.3 is 15.2 Å². The topological polar surface area (TPSA) is 92.7 Å². The van der Waals surface area contributed by atoms with Crippen LogP contribution in [0.2, 0.25) is 0 Å². The molecular weight excluding hydrogens is 262 g/mol. The van der Waals surface area contributed by atoms with E-state index in [9.17, 15) is 14.4 Å². The molecule has 0 spiro atoms. The molecule has 20 heavy (non-hydrogen) atoms. The zero-order chi connectivity index (χ0) is 16.1. The average Bonchev–Trinajstić information content (AvgIpc) is 2.23. The summed E-state index contributed by atoms with van der Waals surface area (Å²) in [6.45, 7) is 10.3. The van der Waals surface area contributed by atoms with Crippen molar-refractivity contribution in [3.63, 3.8) is 0 Å². The quantitative estimate of drug-likeness (QED) is 0.590. The summed E-state index contributed by atoms with van der Waals surface area (Å²) >= 11 is 0. The summed E-state index contributed by atoms with van der Waals surface area (Å²) in [5.74, 6) is -2.67. The second-order valence-corrected chi connectivity index (χ2v) is 6.02. The van der Waals surface area contributed by atoms with E-state index in [1.807, 2.05) is 0 Å². The Morgan fingerprint density at radius 3 is 1.95 bits per heavy atom. The molecule has 1 atom stereocenters. The van der Waals surface area contributed by atoms with Gasteiger partial charge in [0.15, 0.2) is 0 Å². The van der Waals surface area contributed by atoms with Gasteiger partial charge in [-0.1, -0.05) is 13.8 Å². The van der Waals surface area contributed by atoms with Crippen LogP contribution in [0.1, 0.15) is 41.5 Å². The van der Waals surface area contributed by atoms with E-state index in [0.717, 1.165) is 6.08 Å². The Balaban J connectivity index is 5.08. The molecule has 0 aromatic carbocycles. The van der Waals surface area contributed by atoms with Gasteiger partial charge in [-0.15, -0.1) is 0 Å². The van der Waals surface area contributed by atoms with Crippen LogP contribution in [0.4, 0.5) is 0 Å². The lowest BCUT2D eigenvalue weighted by Gasteiger charge is -2.34. The lowest BCUT2D eigenvalue weighted by atomic mass is 9.88. The zero-order valence-electron chi connectivity index (χ0n) is 12.8. The largest absolute Gasteiger partial charge is 0.478 e. The van der Waals surface area contributed by atoms with Gasteiger partial charge in [-0.05, 0) is 33.6 Å². The second kappa shape index (κ2) is 6.54. The Bertz CT molecular complexity index is 420. The van der Waals surface area contributed by atoms with Crippen molar-refractivity contribution < 1.29 is 24.2 Å². The van der Waals surface area contributed by atoms with E-state index in [1.54, 1.807) is 41.5 Å². The first kappa shape index (κ1) is 18.1. The highest BCUT2D eigenvalue weighted by atomic mass is 16.6. The number of carboxylic acid groups (broad SMARTS) is 1. The van der Waals surface area contributed by atoms with Gasteiger partial charge in [0, 0.05) is 12.2 Å². The van der Waals surface area contributed by atoms with Crippen molar-refractivity contribution in [3.8, 4) is 0 Å². The molecule has 0 fully saturated rings. The van der Waals surface area contributed by atoms with Crippen molar-refractivity contribution in [2.75, 3.05) is 0 Å². The highest BCUT2D eigenvalue weighted by molar-refractivity contribution is 5.97. The van der Waals surface area contributed by atoms with Crippen molar-refractivity contribution in [2.45, 2.75) is 52.7 Å². The predicted octanol–water partition coefficient (Wildman–Crippen LogP) is 1.50. The van der Waals surface area contributed by atoms with Crippen LogP contribution in [-0.2, 0) is 19.1 Å². The normalized spacial score (nSPS) is 14.9. The number of aliphatic carboxylic acids is 1. The summed E-state index contributed by atoms with van der Waals surface area (Å²) < 4.78 is 5.30. The van der Waals surface area contributed by atoms with Crippen molar-refractivity contribution >= 4 is 17.8 Å². The van der Waals surface area contributed by atoms with Crippen LogP contribution in [0.15, 0.2) is 12.2 Å². The lowest BCUT2D eigenvalue weighted by molar-refractivity contribution is -0.165. The van der Waals surface area contributed by atoms with Crippen molar-refractivity contribution in [1.82, 2.24) is 5.32 Å². The Morgan fingerprint density at radius 1 is 1.10 bits per heavy atom. The Hall–Kier alpha value is -1.85. The number of rotatable bonds is 5. The van der Waals surface area contributed by atoms with Crippen molar-refractivity contribution in [1.29, 1.82) is 0 Å². The molecule has 6 heteroatoms. The first-order valence-corrected chi connectivity index (χ1v) is 6.35. The molecule has 2 N–H and O–H groups in total. The number of amides is 1. The van der Waals surface area contributed by atoms with Crippen LogP contribution < -0.4 is 5.32 Å². The standard InChI is InChI=1S/C14H23NO5/c1-9(2)14(6,12(19)20-13(3,4)5)15-10(16)7-8-11(17)18/h7-9H,1-6H3,(H,15,16)(H,17,18)/b8-7+/t14-/m0/s1. The Kier molecular flexibility index (Phi) is 5.94. The molecule has 0 saturated carbocycles. The monoisotopic (exact) mass is 285 g/mol. The summed E-state index contributed by atoms with van der Waals surface area (Å²) in [7, 11) is 0. The average molecular weight is 285 g/mol. The third-order valence-electron chi connectivity index (χ3n) is 2.74. The summed E-state index contributed by atoms with van der Waals surface area (Å²) in [5.41, 5.74) is -1.90. The van der Waals surface area contributed by atoms with E-state index in [2.05, 4.69) is 5.32 Å². The van der Waals surface area contributed by atoms with Gasteiger partial charge in [-0.2, -0.15) is 0 Å². The van der Waals surface area contributed by atoms with E-state index >= 15 is 0 Å². The molecule has 0 unspecified atom stereocenters.